The van der Waals surface area contributed by atoms with E-state index in [-0.39, 0.29) is 16.4 Å². The molecule has 3 rings (SSSR count). The van der Waals surface area contributed by atoms with Gasteiger partial charge in [0.25, 0.3) is 5.91 Å². The van der Waals surface area contributed by atoms with E-state index in [2.05, 4.69) is 9.72 Å². The molecule has 204 valence electrons. The summed E-state index contributed by atoms with van der Waals surface area (Å²) in [5, 5.41) is 0.926. The number of amides is 1. The average Bonchev–Trinajstić information content (AvgIpc) is 3.27. The van der Waals surface area contributed by atoms with Crippen LogP contribution in [0.1, 0.15) is 32.6 Å². The summed E-state index contributed by atoms with van der Waals surface area (Å²) in [6.45, 7) is 0.555. The van der Waals surface area contributed by atoms with Gasteiger partial charge in [0.1, 0.15) is 27.3 Å². The van der Waals surface area contributed by atoms with Crippen molar-refractivity contribution >= 4 is 40.5 Å². The number of benzene rings is 2. The number of alkyl halides is 6. The molecule has 1 aromatic heterocycles. The van der Waals surface area contributed by atoms with Gasteiger partial charge in [-0.2, -0.15) is 26.3 Å². The van der Waals surface area contributed by atoms with Crippen molar-refractivity contribution in [1.82, 2.24) is 4.98 Å². The van der Waals surface area contributed by atoms with Crippen molar-refractivity contribution in [2.24, 2.45) is 0 Å². The van der Waals surface area contributed by atoms with Crippen LogP contribution in [0, 0.1) is 11.6 Å². The minimum absolute atomic E-state index is 0.191. The maximum Gasteiger partial charge on any atom is 0.428 e. The van der Waals surface area contributed by atoms with Crippen LogP contribution in [-0.2, 0) is 10.9 Å². The molecule has 1 N–H and O–H groups in total. The van der Waals surface area contributed by atoms with Gasteiger partial charge in [-0.15, -0.1) is 11.3 Å². The number of anilines is 1. The Morgan fingerprint density at radius 2 is 1.74 bits per heavy atom. The van der Waals surface area contributed by atoms with E-state index in [1.165, 1.54) is 12.1 Å². The molecule has 0 aliphatic rings. The molecular formula is C22H13ClF8N2O4S. The number of carbonyl (C=O) groups excluding carboxylic acids is 2. The molecule has 0 spiro atoms. The Labute approximate surface area is 217 Å². The number of hydrogen-bond donors (Lipinski definition) is 1. The lowest BCUT2D eigenvalue weighted by molar-refractivity contribution is -0.189. The number of nitrogens with zero attached hydrogens (tertiary/aromatic N) is 1. The van der Waals surface area contributed by atoms with Gasteiger partial charge < -0.3 is 14.8 Å². The molecule has 1 atom stereocenters. The number of para-hydroxylation sites is 1. The van der Waals surface area contributed by atoms with E-state index in [1.807, 2.05) is 5.32 Å². The third-order valence-electron chi connectivity index (χ3n) is 4.77. The average molecular weight is 589 g/mol. The van der Waals surface area contributed by atoms with Crippen LogP contribution in [0.15, 0.2) is 30.3 Å². The van der Waals surface area contributed by atoms with E-state index >= 15 is 4.39 Å². The summed E-state index contributed by atoms with van der Waals surface area (Å²) in [6.07, 6.45) is -12.7. The van der Waals surface area contributed by atoms with Crippen LogP contribution >= 0.6 is 22.9 Å². The molecule has 3 aromatic rings. The fourth-order valence-electron chi connectivity index (χ4n) is 2.91. The summed E-state index contributed by atoms with van der Waals surface area (Å²) in [5.74, 6) is -6.22. The molecule has 0 aliphatic heterocycles. The molecule has 38 heavy (non-hydrogen) atoms. The van der Waals surface area contributed by atoms with Crippen LogP contribution in [0.3, 0.4) is 0 Å². The molecule has 1 unspecified atom stereocenters. The second-order valence-corrected chi connectivity index (χ2v) is 8.77. The van der Waals surface area contributed by atoms with Crippen LogP contribution in [-0.4, -0.2) is 36.3 Å². The number of ether oxygens (including phenoxy) is 2. The molecule has 1 heterocycles. The summed E-state index contributed by atoms with van der Waals surface area (Å²) in [7, 11) is 0.780. The zero-order valence-corrected chi connectivity index (χ0v) is 20.4. The van der Waals surface area contributed by atoms with E-state index < -0.39 is 80.1 Å². The Morgan fingerprint density at radius 1 is 1.08 bits per heavy atom. The summed E-state index contributed by atoms with van der Waals surface area (Å²) in [4.78, 5) is 26.5. The number of rotatable bonds is 6. The highest BCUT2D eigenvalue weighted by Crippen LogP contribution is 2.42. The molecule has 16 heteroatoms. The Bertz CT molecular complexity index is 1370. The normalized spacial score (nSPS) is 12.7. The van der Waals surface area contributed by atoms with Crippen LogP contribution < -0.4 is 10.1 Å². The van der Waals surface area contributed by atoms with Crippen LogP contribution in [0.25, 0.3) is 10.6 Å². The Hall–Kier alpha value is -3.46. The predicted octanol–water partition coefficient (Wildman–Crippen LogP) is 7.13. The second kappa shape index (κ2) is 10.7. The van der Waals surface area contributed by atoms with Crippen molar-refractivity contribution in [3.63, 3.8) is 0 Å². The quantitative estimate of drug-likeness (QED) is 0.245. The van der Waals surface area contributed by atoms with Gasteiger partial charge in [0.2, 0.25) is 0 Å². The predicted molar refractivity (Wildman–Crippen MR) is 119 cm³/mol. The number of nitrogens with one attached hydrogen (secondary N) is 1. The van der Waals surface area contributed by atoms with Crippen molar-refractivity contribution in [3.05, 3.63) is 63.1 Å². The molecule has 0 aliphatic carbocycles. The van der Waals surface area contributed by atoms with E-state index in [1.54, 1.807) is 0 Å². The molecule has 0 saturated carbocycles. The van der Waals surface area contributed by atoms with Crippen LogP contribution in [0.4, 0.5) is 40.8 Å². The van der Waals surface area contributed by atoms with Crippen LogP contribution in [0.2, 0.25) is 5.02 Å². The zero-order chi connectivity index (χ0) is 28.6. The first kappa shape index (κ1) is 29.1. The van der Waals surface area contributed by atoms with Gasteiger partial charge in [-0.25, -0.2) is 18.6 Å². The lowest BCUT2D eigenvalue weighted by atomic mass is 10.1. The van der Waals surface area contributed by atoms with Crippen molar-refractivity contribution in [1.29, 1.82) is 0 Å². The van der Waals surface area contributed by atoms with Gasteiger partial charge in [0.05, 0.1) is 23.4 Å². The van der Waals surface area contributed by atoms with Crippen molar-refractivity contribution in [3.8, 4) is 16.3 Å². The van der Waals surface area contributed by atoms with Gasteiger partial charge in [-0.05, 0) is 31.2 Å². The molecule has 0 bridgehead atoms. The van der Waals surface area contributed by atoms with E-state index in [9.17, 15) is 40.3 Å². The van der Waals surface area contributed by atoms with Crippen molar-refractivity contribution in [2.75, 3.05) is 12.4 Å². The zero-order valence-electron chi connectivity index (χ0n) is 18.9. The third-order valence-corrected chi connectivity index (χ3v) is 6.22. The smallest absolute Gasteiger partial charge is 0.428 e. The first-order chi connectivity index (χ1) is 17.5. The van der Waals surface area contributed by atoms with Gasteiger partial charge in [0, 0.05) is 5.56 Å². The van der Waals surface area contributed by atoms with Gasteiger partial charge in [-0.1, -0.05) is 17.7 Å². The number of carbonyl (C=O) groups is 2. The molecule has 1 amide bonds. The highest BCUT2D eigenvalue weighted by molar-refractivity contribution is 7.15. The van der Waals surface area contributed by atoms with E-state index in [0.717, 1.165) is 13.2 Å². The minimum Gasteiger partial charge on any atom is -0.480 e. The summed E-state index contributed by atoms with van der Waals surface area (Å²) >= 11 is 5.64. The SMILES string of the molecule is COC(=O)c1nc(-c2cc(OC(C)C(F)(F)F)c(C(=O)Nc3c(F)cccc3Cl)cc2F)sc1C(F)(F)F. The lowest BCUT2D eigenvalue weighted by Gasteiger charge is -2.20. The highest BCUT2D eigenvalue weighted by Gasteiger charge is 2.41. The highest BCUT2D eigenvalue weighted by atomic mass is 35.5. The molecule has 6 nitrogen and oxygen atoms in total. The van der Waals surface area contributed by atoms with E-state index in [0.29, 0.717) is 19.1 Å². The maximum atomic E-state index is 15.1. The van der Waals surface area contributed by atoms with Gasteiger partial charge in [0.15, 0.2) is 11.8 Å². The number of esters is 1. The molecule has 0 fully saturated rings. The molecule has 0 radical (unpaired) electrons. The first-order valence-corrected chi connectivity index (χ1v) is 11.2. The largest absolute Gasteiger partial charge is 0.480 e. The van der Waals surface area contributed by atoms with Crippen molar-refractivity contribution < 1.29 is 54.2 Å². The van der Waals surface area contributed by atoms with Crippen molar-refractivity contribution in [2.45, 2.75) is 25.4 Å². The van der Waals surface area contributed by atoms with Gasteiger partial charge >= 0.3 is 18.3 Å². The topological polar surface area (TPSA) is 77.5 Å². The molecular weight excluding hydrogens is 576 g/mol. The summed E-state index contributed by atoms with van der Waals surface area (Å²) in [5.41, 5.74) is -3.47. The Balaban J connectivity index is 2.17. The fourth-order valence-corrected chi connectivity index (χ4v) is 4.06. The summed E-state index contributed by atoms with van der Waals surface area (Å²) < 4.78 is 118. The minimum atomic E-state index is -5.11. The summed E-state index contributed by atoms with van der Waals surface area (Å²) in [6, 6.07) is 4.17. The molecule has 0 saturated heterocycles. The number of methoxy groups -OCH3 is 1. The number of aromatic nitrogens is 1. The van der Waals surface area contributed by atoms with E-state index in [4.69, 9.17) is 16.3 Å². The Kier molecular flexibility index (Phi) is 8.21. The number of thiazole rings is 1. The first-order valence-electron chi connectivity index (χ1n) is 10.0. The number of hydrogen-bond acceptors (Lipinski definition) is 6. The van der Waals surface area contributed by atoms with Crippen LogP contribution in [0.5, 0.6) is 5.75 Å². The van der Waals surface area contributed by atoms with Gasteiger partial charge in [-0.3, -0.25) is 4.79 Å². The Morgan fingerprint density at radius 3 is 2.29 bits per heavy atom. The third kappa shape index (κ3) is 6.15. The maximum absolute atomic E-state index is 15.1. The monoisotopic (exact) mass is 588 g/mol. The second-order valence-electron chi connectivity index (χ2n) is 7.37. The fraction of sp³-hybridized carbons (Fsp3) is 0.227. The molecule has 2 aromatic carbocycles. The standard InChI is InChI=1S/C22H13ClF8N2O4S/c1-8(21(26,27)28)37-14-7-9(19-33-16(20(35)36-2)17(38-19)22(29,30)31)13(25)6-10(14)18(34)32-15-11(23)4-3-5-12(15)24/h3-8H,1-2H3,(H,32,34). The lowest BCUT2D eigenvalue weighted by Crippen LogP contribution is -2.32. The number of halogens is 9.